The maximum absolute atomic E-state index is 15.6. The normalized spacial score (nSPS) is 26.5. The number of aliphatic hydroxyl groups is 1. The second-order valence-corrected chi connectivity index (χ2v) is 13.4. The summed E-state index contributed by atoms with van der Waals surface area (Å²) in [6, 6.07) is 11.4. The summed E-state index contributed by atoms with van der Waals surface area (Å²) in [7, 11) is -4.38. The van der Waals surface area contributed by atoms with Crippen molar-refractivity contribution in [2.24, 2.45) is 16.1 Å². The Bertz CT molecular complexity index is 1440. The van der Waals surface area contributed by atoms with Crippen LogP contribution in [0.25, 0.3) is 10.8 Å². The number of benzene rings is 2. The van der Waals surface area contributed by atoms with E-state index >= 15 is 4.39 Å². The van der Waals surface area contributed by atoms with Gasteiger partial charge in [0.25, 0.3) is 0 Å². The van der Waals surface area contributed by atoms with E-state index in [0.717, 1.165) is 5.39 Å². The Morgan fingerprint density at radius 2 is 2.00 bits per heavy atom. The van der Waals surface area contributed by atoms with E-state index in [1.165, 1.54) is 31.0 Å². The van der Waals surface area contributed by atoms with Gasteiger partial charge in [0.2, 0.25) is 0 Å². The molecule has 4 N–H and O–H groups in total. The van der Waals surface area contributed by atoms with Gasteiger partial charge in [0.15, 0.2) is 12.4 Å². The lowest BCUT2D eigenvalue weighted by atomic mass is 9.97. The third-order valence-corrected chi connectivity index (χ3v) is 8.26. The largest absolute Gasteiger partial charge is 0.464 e. The lowest BCUT2D eigenvalue weighted by Gasteiger charge is -2.35. The van der Waals surface area contributed by atoms with Crippen molar-refractivity contribution < 1.29 is 37.4 Å². The number of alkyl halides is 1. The molecule has 228 valence electrons. The molecule has 2 heterocycles. The fourth-order valence-electron chi connectivity index (χ4n) is 4.42. The van der Waals surface area contributed by atoms with Gasteiger partial charge in [-0.05, 0) is 36.8 Å². The average Bonchev–Trinajstić information content (AvgIpc) is 3.14. The van der Waals surface area contributed by atoms with E-state index in [4.69, 9.17) is 24.3 Å². The first-order valence-corrected chi connectivity index (χ1v) is 15.0. The SMILES string of the molecule is C=C1N=C(N)C=CN1[C@@H]1O[C@H](COP(=O)(N[C@@H](C)C(=O)OCC(C)(C)C)Oc2cccc3ccccc23)[C@@H](F)[C@@]1(C)O. The molecule has 0 saturated carbocycles. The van der Waals surface area contributed by atoms with Gasteiger partial charge >= 0.3 is 13.7 Å². The van der Waals surface area contributed by atoms with Gasteiger partial charge in [-0.15, -0.1) is 0 Å². The maximum Gasteiger partial charge on any atom is 0.459 e. The Morgan fingerprint density at radius 3 is 2.69 bits per heavy atom. The molecule has 13 heteroatoms. The molecule has 2 aromatic carbocycles. The summed E-state index contributed by atoms with van der Waals surface area (Å²) in [5.41, 5.74) is 3.38. The van der Waals surface area contributed by atoms with Crippen molar-refractivity contribution in [1.29, 1.82) is 0 Å². The Labute approximate surface area is 244 Å². The Balaban J connectivity index is 1.55. The fourth-order valence-corrected chi connectivity index (χ4v) is 5.95. The molecule has 0 aromatic heterocycles. The number of carbonyl (C=O) groups is 1. The highest BCUT2D eigenvalue weighted by atomic mass is 31.2. The van der Waals surface area contributed by atoms with Crippen molar-refractivity contribution in [2.75, 3.05) is 13.2 Å². The quantitative estimate of drug-likeness (QED) is 0.264. The zero-order valence-corrected chi connectivity index (χ0v) is 25.2. The van der Waals surface area contributed by atoms with Gasteiger partial charge in [-0.25, -0.2) is 13.9 Å². The topological polar surface area (TPSA) is 145 Å². The summed E-state index contributed by atoms with van der Waals surface area (Å²) in [6.45, 7) is 11.8. The summed E-state index contributed by atoms with van der Waals surface area (Å²) in [5, 5.41) is 15.1. The molecule has 0 amide bonds. The molecule has 4 rings (SSSR count). The number of halogens is 1. The molecule has 1 fully saturated rings. The third-order valence-electron chi connectivity index (χ3n) is 6.63. The van der Waals surface area contributed by atoms with Gasteiger partial charge < -0.3 is 29.7 Å². The number of nitrogens with two attached hydrogens (primary N) is 1. The predicted molar refractivity (Wildman–Crippen MR) is 157 cm³/mol. The van der Waals surface area contributed by atoms with Crippen LogP contribution in [0.15, 0.2) is 72.1 Å². The molecular weight excluding hydrogens is 566 g/mol. The number of hydrogen-bond donors (Lipinski definition) is 3. The van der Waals surface area contributed by atoms with Crippen LogP contribution in [0.2, 0.25) is 0 Å². The fraction of sp³-hybridized carbons (Fsp3) is 0.448. The molecule has 1 saturated heterocycles. The molecule has 2 aromatic rings. The Kier molecular flexibility index (Phi) is 9.15. The predicted octanol–water partition coefficient (Wildman–Crippen LogP) is 4.38. The monoisotopic (exact) mass is 604 g/mol. The van der Waals surface area contributed by atoms with Gasteiger partial charge in [-0.3, -0.25) is 9.32 Å². The van der Waals surface area contributed by atoms with E-state index in [1.54, 1.807) is 24.3 Å². The van der Waals surface area contributed by atoms with E-state index in [9.17, 15) is 14.5 Å². The zero-order valence-electron chi connectivity index (χ0n) is 24.3. The second kappa shape index (κ2) is 12.1. The van der Waals surface area contributed by atoms with Crippen molar-refractivity contribution in [3.05, 3.63) is 67.1 Å². The van der Waals surface area contributed by atoms with Crippen molar-refractivity contribution in [1.82, 2.24) is 9.99 Å². The number of rotatable bonds is 10. The van der Waals surface area contributed by atoms with Crippen molar-refractivity contribution >= 4 is 30.3 Å². The van der Waals surface area contributed by atoms with Crippen LogP contribution in [0.4, 0.5) is 4.39 Å². The standard InChI is InChI=1S/C29H38FN4O7P/c1-18(26(35)38-17-28(3,4)5)33-42(37,41-22-13-9-11-20-10-7-8-12-21(20)22)39-16-23-25(30)29(6,36)27(40-23)34-15-14-24(31)32-19(34)2/h7-15,18,23,25,27,36H,2,16-17H2,1,3-6H3,(H2,31,32)(H,33,37)/t18-,23+,25+,27+,29+,42?/m0/s1. The minimum atomic E-state index is -4.38. The van der Waals surface area contributed by atoms with Gasteiger partial charge in [-0.2, -0.15) is 5.09 Å². The molecule has 2 aliphatic rings. The highest BCUT2D eigenvalue weighted by Gasteiger charge is 2.56. The van der Waals surface area contributed by atoms with E-state index in [2.05, 4.69) is 16.7 Å². The summed E-state index contributed by atoms with van der Waals surface area (Å²) in [5.74, 6) is -0.117. The van der Waals surface area contributed by atoms with Gasteiger partial charge in [0.1, 0.15) is 35.2 Å². The molecule has 1 unspecified atom stereocenters. The zero-order chi connectivity index (χ0) is 30.9. The average molecular weight is 605 g/mol. The number of carbonyl (C=O) groups excluding carboxylic acids is 1. The number of amidine groups is 1. The molecule has 0 aliphatic carbocycles. The molecule has 11 nitrogen and oxygen atoms in total. The maximum atomic E-state index is 15.6. The van der Waals surface area contributed by atoms with Crippen LogP contribution in [-0.2, 0) is 23.4 Å². The first kappa shape index (κ1) is 31.7. The van der Waals surface area contributed by atoms with Crippen LogP contribution in [0.1, 0.15) is 34.6 Å². The molecule has 2 aliphatic heterocycles. The van der Waals surface area contributed by atoms with Gasteiger partial charge in [0, 0.05) is 11.6 Å². The molecular formula is C29H38FN4O7P. The van der Waals surface area contributed by atoms with Crippen LogP contribution < -0.4 is 15.3 Å². The summed E-state index contributed by atoms with van der Waals surface area (Å²) < 4.78 is 52.5. The Morgan fingerprint density at radius 1 is 1.31 bits per heavy atom. The van der Waals surface area contributed by atoms with E-state index in [-0.39, 0.29) is 29.4 Å². The Hall–Kier alpha value is -3.28. The molecule has 0 bridgehead atoms. The number of fused-ring (bicyclic) bond motifs is 1. The summed E-state index contributed by atoms with van der Waals surface area (Å²) in [4.78, 5) is 18.1. The highest BCUT2D eigenvalue weighted by molar-refractivity contribution is 7.52. The van der Waals surface area contributed by atoms with Crippen molar-refractivity contribution in [3.63, 3.8) is 0 Å². The van der Waals surface area contributed by atoms with Crippen LogP contribution in [0.5, 0.6) is 5.75 Å². The first-order chi connectivity index (χ1) is 19.6. The molecule has 0 radical (unpaired) electrons. The lowest BCUT2D eigenvalue weighted by Crippen LogP contribution is -2.50. The second-order valence-electron chi connectivity index (χ2n) is 11.7. The van der Waals surface area contributed by atoms with Crippen LogP contribution in [-0.4, -0.2) is 65.2 Å². The van der Waals surface area contributed by atoms with Crippen LogP contribution in [0.3, 0.4) is 0 Å². The van der Waals surface area contributed by atoms with Crippen LogP contribution in [0, 0.1) is 5.41 Å². The molecule has 42 heavy (non-hydrogen) atoms. The minimum Gasteiger partial charge on any atom is -0.464 e. The van der Waals surface area contributed by atoms with Gasteiger partial charge in [0.05, 0.1) is 13.2 Å². The first-order valence-electron chi connectivity index (χ1n) is 13.5. The molecule has 6 atom stereocenters. The summed E-state index contributed by atoms with van der Waals surface area (Å²) >= 11 is 0. The van der Waals surface area contributed by atoms with E-state index < -0.39 is 50.5 Å². The summed E-state index contributed by atoms with van der Waals surface area (Å²) in [6.07, 6.45) is -1.64. The number of hydrogen-bond acceptors (Lipinski definition) is 10. The van der Waals surface area contributed by atoms with Gasteiger partial charge in [-0.1, -0.05) is 63.7 Å². The number of ether oxygens (including phenoxy) is 2. The van der Waals surface area contributed by atoms with E-state index in [0.29, 0.717) is 5.39 Å². The number of aliphatic imine (C=N–C) groups is 1. The molecule has 0 spiro atoms. The third kappa shape index (κ3) is 7.19. The van der Waals surface area contributed by atoms with Crippen LogP contribution >= 0.6 is 7.75 Å². The van der Waals surface area contributed by atoms with Crippen molar-refractivity contribution in [3.8, 4) is 5.75 Å². The number of nitrogens with one attached hydrogen (secondary N) is 1. The highest BCUT2D eigenvalue weighted by Crippen LogP contribution is 2.48. The number of nitrogens with zero attached hydrogens (tertiary/aromatic N) is 2. The van der Waals surface area contributed by atoms with Crippen molar-refractivity contribution in [2.45, 2.75) is 64.8 Å². The van der Waals surface area contributed by atoms with E-state index in [1.807, 2.05) is 39.0 Å². The minimum absolute atomic E-state index is 0.134. The number of esters is 1. The smallest absolute Gasteiger partial charge is 0.459 e. The lowest BCUT2D eigenvalue weighted by molar-refractivity contribution is -0.148.